The molecule has 0 aromatic carbocycles. The average molecular weight is 813 g/mol. The summed E-state index contributed by atoms with van der Waals surface area (Å²) in [4.78, 5) is 34.6. The van der Waals surface area contributed by atoms with Gasteiger partial charge in [-0.1, -0.05) is 205 Å². The standard InChI is InChI=1S/C47H89O8P/c1-4-6-8-10-12-14-16-18-20-22-23-24-26-27-29-31-33-35-37-39-41-46(48)53-43-45(44-54-56(50,51)52-3)55-47(49)42-40-38-36-34-32-30-28-25-21-19-17-15-13-11-9-7-5-2/h13,15,19,21,45H,4-12,14,16-18,20,22-44H2,1-3H3,(H,50,51)/b15-13-,21-19-. The summed E-state index contributed by atoms with van der Waals surface area (Å²) in [6.07, 6.45) is 49.5. The molecule has 0 bridgehead atoms. The molecule has 0 heterocycles. The van der Waals surface area contributed by atoms with Crippen molar-refractivity contribution in [2.24, 2.45) is 0 Å². The lowest BCUT2D eigenvalue weighted by Gasteiger charge is -2.19. The van der Waals surface area contributed by atoms with Crippen LogP contribution in [-0.4, -0.2) is 43.3 Å². The first-order valence-corrected chi connectivity index (χ1v) is 25.0. The van der Waals surface area contributed by atoms with Crippen LogP contribution < -0.4 is 0 Å². The van der Waals surface area contributed by atoms with Gasteiger partial charge in [-0.25, -0.2) is 4.57 Å². The highest BCUT2D eigenvalue weighted by Gasteiger charge is 2.24. The second-order valence-electron chi connectivity index (χ2n) is 15.9. The summed E-state index contributed by atoms with van der Waals surface area (Å²) in [5.41, 5.74) is 0. The average Bonchev–Trinajstić information content (AvgIpc) is 3.19. The van der Waals surface area contributed by atoms with Crippen LogP contribution in [0, 0.1) is 0 Å². The molecule has 8 nitrogen and oxygen atoms in total. The normalized spacial score (nSPS) is 13.4. The fourth-order valence-electron chi connectivity index (χ4n) is 6.81. The van der Waals surface area contributed by atoms with Gasteiger partial charge >= 0.3 is 19.8 Å². The zero-order chi connectivity index (χ0) is 41.1. The maximum atomic E-state index is 12.5. The molecule has 0 amide bonds. The Morgan fingerprint density at radius 1 is 0.500 bits per heavy atom. The maximum absolute atomic E-state index is 12.5. The maximum Gasteiger partial charge on any atom is 0.472 e. The van der Waals surface area contributed by atoms with Crippen LogP contribution in [0.3, 0.4) is 0 Å². The van der Waals surface area contributed by atoms with E-state index in [4.69, 9.17) is 14.0 Å². The van der Waals surface area contributed by atoms with E-state index in [0.717, 1.165) is 58.5 Å². The molecule has 0 aromatic heterocycles. The van der Waals surface area contributed by atoms with Crippen molar-refractivity contribution in [3.05, 3.63) is 24.3 Å². The summed E-state index contributed by atoms with van der Waals surface area (Å²) in [7, 11) is -3.20. The van der Waals surface area contributed by atoms with Crippen molar-refractivity contribution in [2.75, 3.05) is 20.3 Å². The van der Waals surface area contributed by atoms with Crippen LogP contribution in [0.2, 0.25) is 0 Å². The number of allylic oxidation sites excluding steroid dienone is 4. The summed E-state index contributed by atoms with van der Waals surface area (Å²) >= 11 is 0. The minimum atomic E-state index is -4.26. The molecule has 9 heteroatoms. The molecule has 0 rings (SSSR count). The number of phosphoric ester groups is 1. The molecule has 1 N–H and O–H groups in total. The van der Waals surface area contributed by atoms with Crippen LogP contribution in [0.25, 0.3) is 0 Å². The Morgan fingerprint density at radius 2 is 0.857 bits per heavy atom. The van der Waals surface area contributed by atoms with Gasteiger partial charge in [0.2, 0.25) is 0 Å². The molecule has 0 aliphatic carbocycles. The van der Waals surface area contributed by atoms with E-state index in [0.29, 0.717) is 12.8 Å². The van der Waals surface area contributed by atoms with Crippen molar-refractivity contribution in [2.45, 2.75) is 245 Å². The van der Waals surface area contributed by atoms with Gasteiger partial charge in [-0.05, 0) is 44.9 Å². The van der Waals surface area contributed by atoms with Crippen LogP contribution in [0.4, 0.5) is 0 Å². The molecule has 0 aromatic rings. The van der Waals surface area contributed by atoms with Gasteiger partial charge in [0.15, 0.2) is 6.10 Å². The molecular formula is C47H89O8P. The van der Waals surface area contributed by atoms with Gasteiger partial charge in [0, 0.05) is 20.0 Å². The first-order chi connectivity index (χ1) is 27.3. The zero-order valence-electron chi connectivity index (χ0n) is 36.8. The fraction of sp³-hybridized carbons (Fsp3) is 0.872. The van der Waals surface area contributed by atoms with Gasteiger partial charge in [0.05, 0.1) is 6.61 Å². The number of phosphoric acid groups is 1. The van der Waals surface area contributed by atoms with E-state index < -0.39 is 26.5 Å². The van der Waals surface area contributed by atoms with E-state index in [-0.39, 0.29) is 19.0 Å². The van der Waals surface area contributed by atoms with Crippen molar-refractivity contribution in [1.82, 2.24) is 0 Å². The molecule has 0 radical (unpaired) electrons. The van der Waals surface area contributed by atoms with Crippen molar-refractivity contribution in [1.29, 1.82) is 0 Å². The number of ether oxygens (including phenoxy) is 2. The van der Waals surface area contributed by atoms with Crippen LogP contribution in [-0.2, 0) is 32.7 Å². The van der Waals surface area contributed by atoms with Crippen molar-refractivity contribution < 1.29 is 37.6 Å². The quantitative estimate of drug-likeness (QED) is 0.0280. The van der Waals surface area contributed by atoms with E-state index >= 15 is 0 Å². The Balaban J connectivity index is 3.92. The number of rotatable bonds is 44. The SMILES string of the molecule is CCCCC/C=C\C/C=C\CCCCCCCCCC(=O)OC(COC(=O)CCCCCCCCCCCCCCCCCCCCCC)COP(=O)(O)OC. The Labute approximate surface area is 345 Å². The lowest BCUT2D eigenvalue weighted by atomic mass is 10.0. The number of hydrogen-bond donors (Lipinski definition) is 1. The molecule has 2 atom stereocenters. The van der Waals surface area contributed by atoms with E-state index in [1.807, 2.05) is 0 Å². The highest BCUT2D eigenvalue weighted by Crippen LogP contribution is 2.42. The lowest BCUT2D eigenvalue weighted by Crippen LogP contribution is -2.29. The molecule has 2 unspecified atom stereocenters. The third-order valence-electron chi connectivity index (χ3n) is 10.4. The van der Waals surface area contributed by atoms with Crippen LogP contribution in [0.15, 0.2) is 24.3 Å². The smallest absolute Gasteiger partial charge is 0.462 e. The Bertz CT molecular complexity index is 968. The molecule has 0 spiro atoms. The Kier molecular flexibility index (Phi) is 42.0. The number of carbonyl (C=O) groups is 2. The van der Waals surface area contributed by atoms with Gasteiger partial charge in [0.1, 0.15) is 6.61 Å². The second kappa shape index (κ2) is 43.1. The number of hydrogen-bond acceptors (Lipinski definition) is 7. The van der Waals surface area contributed by atoms with Gasteiger partial charge in [0.25, 0.3) is 0 Å². The fourth-order valence-corrected chi connectivity index (χ4v) is 7.27. The summed E-state index contributed by atoms with van der Waals surface area (Å²) in [5, 5.41) is 0. The molecule has 0 fully saturated rings. The summed E-state index contributed by atoms with van der Waals surface area (Å²) < 4.78 is 32.1. The largest absolute Gasteiger partial charge is 0.472 e. The summed E-state index contributed by atoms with van der Waals surface area (Å²) in [6, 6.07) is 0. The zero-order valence-corrected chi connectivity index (χ0v) is 37.7. The van der Waals surface area contributed by atoms with E-state index in [2.05, 4.69) is 42.7 Å². The molecule has 0 saturated carbocycles. The highest BCUT2D eigenvalue weighted by atomic mass is 31.2. The summed E-state index contributed by atoms with van der Waals surface area (Å²) in [6.45, 7) is 3.89. The first-order valence-electron chi connectivity index (χ1n) is 23.5. The Morgan fingerprint density at radius 3 is 1.29 bits per heavy atom. The Hall–Kier alpha value is -1.47. The molecular weight excluding hydrogens is 723 g/mol. The molecule has 56 heavy (non-hydrogen) atoms. The van der Waals surface area contributed by atoms with Crippen LogP contribution in [0.1, 0.15) is 239 Å². The van der Waals surface area contributed by atoms with Crippen molar-refractivity contribution >= 4 is 19.8 Å². The van der Waals surface area contributed by atoms with Crippen molar-refractivity contribution in [3.8, 4) is 0 Å². The number of esters is 2. The monoisotopic (exact) mass is 813 g/mol. The van der Waals surface area contributed by atoms with Crippen LogP contribution >= 0.6 is 7.82 Å². The van der Waals surface area contributed by atoms with Gasteiger partial charge in [-0.15, -0.1) is 0 Å². The van der Waals surface area contributed by atoms with E-state index in [9.17, 15) is 19.0 Å². The predicted octanol–water partition coefficient (Wildman–Crippen LogP) is 15.0. The number of unbranched alkanes of at least 4 members (excludes halogenated alkanes) is 29. The molecule has 0 aliphatic heterocycles. The first kappa shape index (κ1) is 54.5. The lowest BCUT2D eigenvalue weighted by molar-refractivity contribution is -0.161. The van der Waals surface area contributed by atoms with Crippen LogP contribution in [0.5, 0.6) is 0 Å². The highest BCUT2D eigenvalue weighted by molar-refractivity contribution is 7.47. The molecule has 0 saturated heterocycles. The van der Waals surface area contributed by atoms with E-state index in [1.54, 1.807) is 0 Å². The van der Waals surface area contributed by atoms with Crippen molar-refractivity contribution in [3.63, 3.8) is 0 Å². The van der Waals surface area contributed by atoms with Gasteiger partial charge in [-0.3, -0.25) is 18.6 Å². The summed E-state index contributed by atoms with van der Waals surface area (Å²) in [5.74, 6) is -0.801. The molecule has 330 valence electrons. The second-order valence-corrected chi connectivity index (χ2v) is 17.5. The number of carbonyl (C=O) groups excluding carboxylic acids is 2. The minimum absolute atomic E-state index is 0.224. The van der Waals surface area contributed by atoms with Gasteiger partial charge < -0.3 is 14.4 Å². The van der Waals surface area contributed by atoms with E-state index in [1.165, 1.54) is 154 Å². The van der Waals surface area contributed by atoms with Gasteiger partial charge in [-0.2, -0.15) is 0 Å². The third kappa shape index (κ3) is 42.1. The topological polar surface area (TPSA) is 108 Å². The predicted molar refractivity (Wildman–Crippen MR) is 235 cm³/mol. The third-order valence-corrected chi connectivity index (χ3v) is 11.4. The minimum Gasteiger partial charge on any atom is -0.462 e. The molecule has 0 aliphatic rings.